The normalized spacial score (nSPS) is 14.6. The Morgan fingerprint density at radius 1 is 0.786 bits per heavy atom. The second kappa shape index (κ2) is 1.95. The molecule has 1 aromatic heterocycles. The average molecular weight is 178 g/mol. The largest absolute Gasteiger partial charge is 0.226 e. The molecule has 0 bridgehead atoms. The van der Waals surface area contributed by atoms with E-state index in [1.807, 2.05) is 0 Å². The molecule has 0 saturated carbocycles. The van der Waals surface area contributed by atoms with Crippen molar-refractivity contribution < 1.29 is 4.57 Å². The van der Waals surface area contributed by atoms with Crippen molar-refractivity contribution in [1.29, 1.82) is 0 Å². The highest BCUT2D eigenvalue weighted by Gasteiger charge is 2.22. The molecule has 0 atom stereocenters. The van der Waals surface area contributed by atoms with E-state index in [0.717, 1.165) is 0 Å². The van der Waals surface area contributed by atoms with Crippen LogP contribution >= 0.6 is 0 Å². The van der Waals surface area contributed by atoms with Crippen LogP contribution in [-0.4, -0.2) is 0 Å². The van der Waals surface area contributed by atoms with Gasteiger partial charge in [0.15, 0.2) is 12.4 Å². The Labute approximate surface area is 81.6 Å². The Morgan fingerprint density at radius 2 is 1.57 bits per heavy atom. The molecule has 0 spiro atoms. The lowest BCUT2D eigenvalue weighted by atomic mass is 10.1. The van der Waals surface area contributed by atoms with Gasteiger partial charge in [-0.2, -0.15) is 4.57 Å². The maximum Gasteiger partial charge on any atom is 0.226 e. The van der Waals surface area contributed by atoms with Crippen molar-refractivity contribution in [3.8, 4) is 0 Å². The van der Waals surface area contributed by atoms with E-state index < -0.39 is 0 Å². The van der Waals surface area contributed by atoms with Crippen LogP contribution in [0, 0.1) is 0 Å². The highest BCUT2D eigenvalue weighted by atomic mass is 14.9. The quantitative estimate of drug-likeness (QED) is 0.364. The van der Waals surface area contributed by atoms with Gasteiger partial charge in [0, 0.05) is 12.1 Å². The number of nitrogens with zero attached hydrogens (tertiary/aromatic N) is 1. The molecule has 14 heavy (non-hydrogen) atoms. The lowest BCUT2D eigenvalue weighted by molar-refractivity contribution is -0.535. The molecule has 1 heteroatoms. The monoisotopic (exact) mass is 178 g/mol. The third-order valence-corrected chi connectivity index (χ3v) is 3.06. The summed E-state index contributed by atoms with van der Waals surface area (Å²) in [6.45, 7) is 0. The third-order valence-electron chi connectivity index (χ3n) is 3.06. The van der Waals surface area contributed by atoms with E-state index >= 15 is 0 Å². The van der Waals surface area contributed by atoms with Crippen molar-refractivity contribution in [2.45, 2.75) is 0 Å². The minimum absolute atomic E-state index is 1.33. The number of benzene rings is 1. The summed E-state index contributed by atoms with van der Waals surface area (Å²) in [6.07, 6.45) is 10.8. The molecule has 1 aliphatic heterocycles. The van der Waals surface area contributed by atoms with Gasteiger partial charge < -0.3 is 0 Å². The Hall–Kier alpha value is -1.89. The molecular weight excluding hydrogens is 170 g/mol. The zero-order valence-electron chi connectivity index (χ0n) is 7.57. The van der Waals surface area contributed by atoms with Crippen molar-refractivity contribution >= 4 is 35.3 Å². The van der Waals surface area contributed by atoms with Gasteiger partial charge in [-0.3, -0.25) is 0 Å². The average Bonchev–Trinajstić information content (AvgIpc) is 2.77. The first-order valence-electron chi connectivity index (χ1n) is 4.81. The Morgan fingerprint density at radius 3 is 2.50 bits per heavy atom. The molecule has 0 amide bonds. The fourth-order valence-electron chi connectivity index (χ4n) is 2.40. The van der Waals surface area contributed by atoms with E-state index in [9.17, 15) is 0 Å². The van der Waals surface area contributed by atoms with E-state index in [2.05, 4.69) is 53.4 Å². The summed E-state index contributed by atoms with van der Waals surface area (Å²) in [5.41, 5.74) is 5.37. The van der Waals surface area contributed by atoms with Gasteiger partial charge in [-0.05, 0) is 17.2 Å². The molecule has 64 valence electrons. The maximum absolute atomic E-state index is 2.20. The molecule has 2 aromatic rings. The molecule has 2 heterocycles. The van der Waals surface area contributed by atoms with Crippen molar-refractivity contribution in [1.82, 2.24) is 0 Å². The molecule has 0 saturated heterocycles. The van der Waals surface area contributed by atoms with Gasteiger partial charge in [-0.15, -0.1) is 0 Å². The summed E-state index contributed by atoms with van der Waals surface area (Å²) in [7, 11) is 0. The highest BCUT2D eigenvalue weighted by molar-refractivity contribution is 6.05. The van der Waals surface area contributed by atoms with Gasteiger partial charge in [0.25, 0.3) is 0 Å². The van der Waals surface area contributed by atoms with Crippen LogP contribution in [0.2, 0.25) is 0 Å². The second-order valence-electron chi connectivity index (χ2n) is 3.80. The predicted molar refractivity (Wildman–Crippen MR) is 58.3 cm³/mol. The molecule has 2 aliphatic rings. The summed E-state index contributed by atoms with van der Waals surface area (Å²) in [5, 5.41) is 1.40. The van der Waals surface area contributed by atoms with Crippen molar-refractivity contribution in [2.75, 3.05) is 0 Å². The van der Waals surface area contributed by atoms with Gasteiger partial charge in [0.05, 0.1) is 10.9 Å². The molecule has 0 N–H and O–H groups in total. The van der Waals surface area contributed by atoms with Crippen molar-refractivity contribution in [3.63, 3.8) is 0 Å². The van der Waals surface area contributed by atoms with E-state index in [0.29, 0.717) is 0 Å². The van der Waals surface area contributed by atoms with Crippen LogP contribution < -0.4 is 4.57 Å². The van der Waals surface area contributed by atoms with Gasteiger partial charge in [0.2, 0.25) is 5.52 Å². The van der Waals surface area contributed by atoms with Gasteiger partial charge in [-0.25, -0.2) is 0 Å². The maximum atomic E-state index is 2.20. The minimum atomic E-state index is 1.33. The summed E-state index contributed by atoms with van der Waals surface area (Å²) < 4.78 is 2.20. The molecule has 0 fully saturated rings. The first-order chi connectivity index (χ1) is 6.93. The smallest absolute Gasteiger partial charge is 0.166 e. The van der Waals surface area contributed by atoms with Crippen molar-refractivity contribution in [2.24, 2.45) is 0 Å². The molecule has 0 unspecified atom stereocenters. The molecule has 4 rings (SSSR count). The third kappa shape index (κ3) is 0.578. The summed E-state index contributed by atoms with van der Waals surface area (Å²) in [4.78, 5) is 0. The Balaban J connectivity index is 2.41. The Kier molecular flexibility index (Phi) is 0.914. The van der Waals surface area contributed by atoms with Gasteiger partial charge in [-0.1, -0.05) is 18.2 Å². The number of aromatic nitrogens is 1. The number of hydrogen-bond acceptors (Lipinski definition) is 0. The van der Waals surface area contributed by atoms with Crippen molar-refractivity contribution in [3.05, 3.63) is 41.1 Å². The van der Waals surface area contributed by atoms with E-state index in [-0.39, 0.29) is 0 Å². The first-order valence-corrected chi connectivity index (χ1v) is 4.81. The summed E-state index contributed by atoms with van der Waals surface area (Å²) in [5.74, 6) is 0. The number of rotatable bonds is 0. The van der Waals surface area contributed by atoms with E-state index in [4.69, 9.17) is 0 Å². The van der Waals surface area contributed by atoms with E-state index in [1.54, 1.807) is 0 Å². The van der Waals surface area contributed by atoms with E-state index in [1.165, 1.54) is 27.6 Å². The summed E-state index contributed by atoms with van der Waals surface area (Å²) >= 11 is 0. The van der Waals surface area contributed by atoms with Crippen LogP contribution in [0.15, 0.2) is 24.4 Å². The zero-order valence-corrected chi connectivity index (χ0v) is 7.57. The molecule has 1 nitrogen and oxygen atoms in total. The highest BCUT2D eigenvalue weighted by Crippen LogP contribution is 2.32. The SMILES string of the molecule is C1=Cc2cc[n+]3c4c(ccc1c24)C=C3. The topological polar surface area (TPSA) is 3.88 Å². The molecular formula is C13H8N+. The predicted octanol–water partition coefficient (Wildman–Crippen LogP) is 2.55. The standard InChI is InChI=1S/C13H8N/c1-2-10-5-7-14-8-6-11-4-3-9(1)12(10)13(11)14/h1-8H/q+1. The fourth-order valence-corrected chi connectivity index (χ4v) is 2.40. The van der Waals surface area contributed by atoms with Crippen LogP contribution in [0.3, 0.4) is 0 Å². The van der Waals surface area contributed by atoms with Crippen LogP contribution in [0.25, 0.3) is 35.3 Å². The van der Waals surface area contributed by atoms with Gasteiger partial charge >= 0.3 is 0 Å². The number of pyridine rings is 1. The lowest BCUT2D eigenvalue weighted by Gasteiger charge is -1.98. The zero-order chi connectivity index (χ0) is 9.12. The van der Waals surface area contributed by atoms with Crippen LogP contribution in [-0.2, 0) is 0 Å². The summed E-state index contributed by atoms with van der Waals surface area (Å²) in [6, 6.07) is 6.57. The number of hydrogen-bond donors (Lipinski definition) is 0. The Bertz CT molecular complexity index is 526. The van der Waals surface area contributed by atoms with Gasteiger partial charge in [0.1, 0.15) is 0 Å². The minimum Gasteiger partial charge on any atom is -0.166 e. The lowest BCUT2D eigenvalue weighted by Crippen LogP contribution is -2.24. The second-order valence-corrected chi connectivity index (χ2v) is 3.80. The van der Waals surface area contributed by atoms with Crippen LogP contribution in [0.5, 0.6) is 0 Å². The molecule has 1 aromatic carbocycles. The molecule has 1 aliphatic carbocycles. The fraction of sp³-hybridized carbons (Fsp3) is 0. The van der Waals surface area contributed by atoms with Crippen LogP contribution in [0.4, 0.5) is 0 Å². The first kappa shape index (κ1) is 6.55. The van der Waals surface area contributed by atoms with Crippen LogP contribution in [0.1, 0.15) is 16.7 Å². The molecule has 0 radical (unpaired) electrons.